The lowest BCUT2D eigenvalue weighted by atomic mass is 10.3. The van der Waals surface area contributed by atoms with Gasteiger partial charge < -0.3 is 15.2 Å². The number of nitrogens with two attached hydrogens (primary N) is 1. The predicted octanol–water partition coefficient (Wildman–Crippen LogP) is -0.137. The van der Waals surface area contributed by atoms with Crippen LogP contribution in [0, 0.1) is 0 Å². The van der Waals surface area contributed by atoms with Gasteiger partial charge in [0.05, 0.1) is 6.33 Å². The second-order valence-electron chi connectivity index (χ2n) is 3.46. The van der Waals surface area contributed by atoms with E-state index >= 15 is 0 Å². The summed E-state index contributed by atoms with van der Waals surface area (Å²) >= 11 is 0. The van der Waals surface area contributed by atoms with E-state index in [0.717, 1.165) is 18.7 Å². The van der Waals surface area contributed by atoms with Crippen LogP contribution in [-0.2, 0) is 17.8 Å². The number of rotatable bonds is 5. The molecule has 0 unspecified atom stereocenters. The lowest BCUT2D eigenvalue weighted by molar-refractivity contribution is -0.130. The summed E-state index contributed by atoms with van der Waals surface area (Å²) in [6, 6.07) is 0. The summed E-state index contributed by atoms with van der Waals surface area (Å²) in [4.78, 5) is 17.3. The first kappa shape index (κ1) is 11.7. The van der Waals surface area contributed by atoms with Crippen molar-refractivity contribution in [2.45, 2.75) is 19.9 Å². The van der Waals surface area contributed by atoms with Crippen LogP contribution in [0.3, 0.4) is 0 Å². The van der Waals surface area contributed by atoms with Crippen LogP contribution in [0.5, 0.6) is 0 Å². The largest absolute Gasteiger partial charge is 0.344 e. The molecule has 2 N–H and O–H groups in total. The maximum Gasteiger partial charge on any atom is 0.242 e. The van der Waals surface area contributed by atoms with Crippen LogP contribution in [0.1, 0.15) is 12.6 Å². The summed E-state index contributed by atoms with van der Waals surface area (Å²) < 4.78 is 1.85. The first-order chi connectivity index (χ1) is 7.19. The van der Waals surface area contributed by atoms with Gasteiger partial charge in [0.2, 0.25) is 5.91 Å². The Morgan fingerprint density at radius 2 is 2.40 bits per heavy atom. The van der Waals surface area contributed by atoms with Crippen LogP contribution >= 0.6 is 0 Å². The van der Waals surface area contributed by atoms with E-state index in [1.54, 1.807) is 24.5 Å². The van der Waals surface area contributed by atoms with Gasteiger partial charge in [-0.1, -0.05) is 0 Å². The number of hydrogen-bond acceptors (Lipinski definition) is 3. The first-order valence-electron chi connectivity index (χ1n) is 5.12. The SMILES string of the molecule is CCN(C)C(=O)Cn1cncc1CCN. The monoisotopic (exact) mass is 210 g/mol. The van der Waals surface area contributed by atoms with Crippen molar-refractivity contribution in [3.8, 4) is 0 Å². The standard InChI is InChI=1S/C10H18N4O/c1-3-13(2)10(15)7-14-8-12-6-9(14)4-5-11/h6,8H,3-5,7,11H2,1-2H3. The minimum absolute atomic E-state index is 0.0915. The Hall–Kier alpha value is -1.36. The van der Waals surface area contributed by atoms with Crippen LogP contribution in [0.2, 0.25) is 0 Å². The van der Waals surface area contributed by atoms with E-state index in [2.05, 4.69) is 4.98 Å². The third-order valence-electron chi connectivity index (χ3n) is 2.40. The molecule has 1 amide bonds. The molecular weight excluding hydrogens is 192 g/mol. The Balaban J connectivity index is 2.63. The van der Waals surface area contributed by atoms with E-state index in [1.807, 2.05) is 11.5 Å². The lowest BCUT2D eigenvalue weighted by Crippen LogP contribution is -2.30. The van der Waals surface area contributed by atoms with Gasteiger partial charge in [0.25, 0.3) is 0 Å². The average Bonchev–Trinajstić information content (AvgIpc) is 2.65. The zero-order chi connectivity index (χ0) is 11.3. The Morgan fingerprint density at radius 3 is 3.00 bits per heavy atom. The van der Waals surface area contributed by atoms with Gasteiger partial charge in [-0.25, -0.2) is 4.98 Å². The molecule has 1 heterocycles. The molecule has 84 valence electrons. The zero-order valence-electron chi connectivity index (χ0n) is 9.31. The van der Waals surface area contributed by atoms with E-state index in [1.165, 1.54) is 0 Å². The van der Waals surface area contributed by atoms with Gasteiger partial charge >= 0.3 is 0 Å². The molecule has 5 nitrogen and oxygen atoms in total. The Kier molecular flexibility index (Phi) is 4.30. The topological polar surface area (TPSA) is 64.2 Å². The Labute approximate surface area is 89.9 Å². The van der Waals surface area contributed by atoms with Crippen molar-refractivity contribution >= 4 is 5.91 Å². The number of nitrogens with zero attached hydrogens (tertiary/aromatic N) is 3. The lowest BCUT2D eigenvalue weighted by Gasteiger charge is -2.15. The Bertz CT molecular complexity index is 321. The normalized spacial score (nSPS) is 10.3. The van der Waals surface area contributed by atoms with Crippen LogP contribution in [0.25, 0.3) is 0 Å². The van der Waals surface area contributed by atoms with Crippen molar-refractivity contribution in [1.82, 2.24) is 14.5 Å². The number of imidazole rings is 1. The summed E-state index contributed by atoms with van der Waals surface area (Å²) in [5.74, 6) is 0.0915. The fourth-order valence-electron chi connectivity index (χ4n) is 1.29. The molecule has 0 saturated carbocycles. The molecule has 0 bridgehead atoms. The second-order valence-corrected chi connectivity index (χ2v) is 3.46. The second kappa shape index (κ2) is 5.50. The summed E-state index contributed by atoms with van der Waals surface area (Å²) in [6.45, 7) is 3.59. The summed E-state index contributed by atoms with van der Waals surface area (Å²) in [5.41, 5.74) is 6.48. The molecule has 15 heavy (non-hydrogen) atoms. The van der Waals surface area contributed by atoms with Gasteiger partial charge in [0.15, 0.2) is 0 Å². The molecular formula is C10H18N4O. The van der Waals surface area contributed by atoms with E-state index in [0.29, 0.717) is 13.1 Å². The molecule has 0 atom stereocenters. The molecule has 0 radical (unpaired) electrons. The van der Waals surface area contributed by atoms with Crippen molar-refractivity contribution < 1.29 is 4.79 Å². The molecule has 1 aromatic rings. The van der Waals surface area contributed by atoms with E-state index in [-0.39, 0.29) is 5.91 Å². The minimum atomic E-state index is 0.0915. The van der Waals surface area contributed by atoms with Crippen LogP contribution < -0.4 is 5.73 Å². The molecule has 0 spiro atoms. The number of likely N-dealkylation sites (N-methyl/N-ethyl adjacent to an activating group) is 1. The predicted molar refractivity (Wildman–Crippen MR) is 58.3 cm³/mol. The maximum absolute atomic E-state index is 11.6. The highest BCUT2D eigenvalue weighted by Crippen LogP contribution is 2.00. The van der Waals surface area contributed by atoms with Gasteiger partial charge in [0, 0.05) is 31.9 Å². The minimum Gasteiger partial charge on any atom is -0.344 e. The zero-order valence-corrected chi connectivity index (χ0v) is 9.31. The number of carbonyl (C=O) groups excluding carboxylic acids is 1. The highest BCUT2D eigenvalue weighted by molar-refractivity contribution is 5.75. The molecule has 0 aromatic carbocycles. The highest BCUT2D eigenvalue weighted by atomic mass is 16.2. The van der Waals surface area contributed by atoms with E-state index in [4.69, 9.17) is 5.73 Å². The number of amides is 1. The maximum atomic E-state index is 11.6. The van der Waals surface area contributed by atoms with Gasteiger partial charge in [-0.3, -0.25) is 4.79 Å². The summed E-state index contributed by atoms with van der Waals surface area (Å²) in [7, 11) is 1.79. The number of carbonyl (C=O) groups is 1. The molecule has 0 aliphatic heterocycles. The molecule has 0 fully saturated rings. The van der Waals surface area contributed by atoms with Gasteiger partial charge in [-0.2, -0.15) is 0 Å². The average molecular weight is 210 g/mol. The summed E-state index contributed by atoms with van der Waals surface area (Å²) in [5, 5.41) is 0. The summed E-state index contributed by atoms with van der Waals surface area (Å²) in [6.07, 6.45) is 4.18. The van der Waals surface area contributed by atoms with Gasteiger partial charge in [-0.15, -0.1) is 0 Å². The van der Waals surface area contributed by atoms with Crippen molar-refractivity contribution in [2.75, 3.05) is 20.1 Å². The van der Waals surface area contributed by atoms with Crippen molar-refractivity contribution in [3.63, 3.8) is 0 Å². The van der Waals surface area contributed by atoms with Crippen LogP contribution in [-0.4, -0.2) is 40.5 Å². The van der Waals surface area contributed by atoms with Crippen LogP contribution in [0.4, 0.5) is 0 Å². The van der Waals surface area contributed by atoms with E-state index < -0.39 is 0 Å². The van der Waals surface area contributed by atoms with Crippen LogP contribution in [0.15, 0.2) is 12.5 Å². The fraction of sp³-hybridized carbons (Fsp3) is 0.600. The molecule has 1 aromatic heterocycles. The molecule has 0 saturated heterocycles. The first-order valence-corrected chi connectivity index (χ1v) is 5.12. The quantitative estimate of drug-likeness (QED) is 0.736. The van der Waals surface area contributed by atoms with Crippen molar-refractivity contribution in [2.24, 2.45) is 5.73 Å². The third-order valence-corrected chi connectivity index (χ3v) is 2.40. The fourth-order valence-corrected chi connectivity index (χ4v) is 1.29. The smallest absolute Gasteiger partial charge is 0.242 e. The van der Waals surface area contributed by atoms with Crippen molar-refractivity contribution in [1.29, 1.82) is 0 Å². The third kappa shape index (κ3) is 3.06. The van der Waals surface area contributed by atoms with Crippen molar-refractivity contribution in [3.05, 3.63) is 18.2 Å². The molecule has 0 aliphatic rings. The highest BCUT2D eigenvalue weighted by Gasteiger charge is 2.09. The number of aromatic nitrogens is 2. The van der Waals surface area contributed by atoms with Gasteiger partial charge in [0.1, 0.15) is 6.54 Å². The molecule has 5 heteroatoms. The van der Waals surface area contributed by atoms with Gasteiger partial charge in [-0.05, 0) is 13.5 Å². The van der Waals surface area contributed by atoms with E-state index in [9.17, 15) is 4.79 Å². The molecule has 0 aliphatic carbocycles. The number of hydrogen-bond donors (Lipinski definition) is 1. The Morgan fingerprint density at radius 1 is 1.67 bits per heavy atom. The molecule has 1 rings (SSSR count).